The third-order valence-corrected chi connectivity index (χ3v) is 8.01. The lowest BCUT2D eigenvalue weighted by molar-refractivity contribution is 0.0519. The van der Waals surface area contributed by atoms with Gasteiger partial charge < -0.3 is 24.3 Å². The molecule has 0 aliphatic rings. The van der Waals surface area contributed by atoms with Crippen molar-refractivity contribution in [3.63, 3.8) is 0 Å². The fourth-order valence-corrected chi connectivity index (χ4v) is 5.92. The van der Waals surface area contributed by atoms with E-state index in [9.17, 15) is 9.90 Å². The number of rotatable bonds is 13. The van der Waals surface area contributed by atoms with Gasteiger partial charge in [-0.1, -0.05) is 84.9 Å². The number of fused-ring (bicyclic) bond motifs is 2. The van der Waals surface area contributed by atoms with Gasteiger partial charge in [0.05, 0.1) is 49.9 Å². The third-order valence-electron chi connectivity index (χ3n) is 8.01. The van der Waals surface area contributed by atoms with Crippen molar-refractivity contribution in [2.24, 2.45) is 7.05 Å². The van der Waals surface area contributed by atoms with Gasteiger partial charge in [-0.05, 0) is 42.3 Å². The molecule has 0 saturated carbocycles. The summed E-state index contributed by atoms with van der Waals surface area (Å²) in [5.74, 6) is 0.444. The molecule has 0 atom stereocenters. The van der Waals surface area contributed by atoms with Crippen LogP contribution in [0.1, 0.15) is 46.3 Å². The van der Waals surface area contributed by atoms with Gasteiger partial charge in [0.15, 0.2) is 0 Å². The Morgan fingerprint density at radius 3 is 2.49 bits per heavy atom. The average Bonchev–Trinajstić information content (AvgIpc) is 3.60. The number of H-pyrrole nitrogens is 1. The van der Waals surface area contributed by atoms with Gasteiger partial charge in [-0.3, -0.25) is 4.68 Å². The second-order valence-electron chi connectivity index (χ2n) is 10.9. The number of aromatic amines is 1. The monoisotopic (exact) mass is 603 g/mol. The fourth-order valence-electron chi connectivity index (χ4n) is 5.92. The smallest absolute Gasteiger partial charge is 0.355 e. The van der Waals surface area contributed by atoms with Crippen molar-refractivity contribution in [1.82, 2.24) is 14.8 Å². The Balaban J connectivity index is 1.30. The molecular weight excluding hydrogens is 566 g/mol. The molecule has 0 unspecified atom stereocenters. The van der Waals surface area contributed by atoms with Crippen LogP contribution in [0.15, 0.2) is 91.0 Å². The van der Waals surface area contributed by atoms with Gasteiger partial charge in [0.1, 0.15) is 11.4 Å². The average molecular weight is 604 g/mol. The number of aliphatic hydroxyl groups is 1. The standard InChI is InChI=1S/C37H37N3O5/c1-3-44-37(42)36-29(19-11-21-45-33-20-9-15-26-14-7-8-16-27(26)33)28-17-10-18-30(35(28)38-36)34-31(39-40(2)32(34)22-41)24-43-23-25-12-5-4-6-13-25/h4-10,12-18,20,38,41H,3,11,19,21-24H2,1-2H3. The number of hydrogen-bond acceptors (Lipinski definition) is 6. The Labute approximate surface area is 262 Å². The first-order valence-corrected chi connectivity index (χ1v) is 15.3. The lowest BCUT2D eigenvalue weighted by atomic mass is 9.98. The summed E-state index contributed by atoms with van der Waals surface area (Å²) >= 11 is 0. The maximum Gasteiger partial charge on any atom is 0.355 e. The minimum Gasteiger partial charge on any atom is -0.493 e. The number of carbonyl (C=O) groups excluding carboxylic acids is 1. The quantitative estimate of drug-likeness (QED) is 0.108. The number of nitrogens with one attached hydrogen (secondary N) is 1. The molecule has 0 saturated heterocycles. The van der Waals surface area contributed by atoms with E-state index in [4.69, 9.17) is 19.3 Å². The highest BCUT2D eigenvalue weighted by atomic mass is 16.5. The zero-order valence-electron chi connectivity index (χ0n) is 25.6. The van der Waals surface area contributed by atoms with E-state index in [1.807, 2.05) is 79.8 Å². The van der Waals surface area contributed by atoms with Crippen molar-refractivity contribution >= 4 is 27.6 Å². The van der Waals surface area contributed by atoms with Crippen molar-refractivity contribution in [3.05, 3.63) is 119 Å². The van der Waals surface area contributed by atoms with E-state index in [1.165, 1.54) is 0 Å². The third kappa shape index (κ3) is 6.34. The first-order valence-electron chi connectivity index (χ1n) is 15.3. The molecule has 6 aromatic rings. The maximum absolute atomic E-state index is 13.2. The second-order valence-corrected chi connectivity index (χ2v) is 10.9. The van der Waals surface area contributed by atoms with Crippen molar-refractivity contribution in [1.29, 1.82) is 0 Å². The van der Waals surface area contributed by atoms with Crippen molar-refractivity contribution in [2.75, 3.05) is 13.2 Å². The molecule has 0 bridgehead atoms. The number of esters is 1. The number of aliphatic hydroxyl groups excluding tert-OH is 1. The molecule has 8 nitrogen and oxygen atoms in total. The summed E-state index contributed by atoms with van der Waals surface area (Å²) in [5, 5.41) is 18.2. The summed E-state index contributed by atoms with van der Waals surface area (Å²) < 4.78 is 19.4. The highest BCUT2D eigenvalue weighted by Gasteiger charge is 2.24. The molecule has 45 heavy (non-hydrogen) atoms. The zero-order valence-corrected chi connectivity index (χ0v) is 25.6. The van der Waals surface area contributed by atoms with Crippen LogP contribution in [0.3, 0.4) is 0 Å². The number of aromatic nitrogens is 3. The van der Waals surface area contributed by atoms with Gasteiger partial charge in [0.2, 0.25) is 0 Å². The fraction of sp³-hybridized carbons (Fsp3) is 0.243. The molecule has 0 spiro atoms. The number of nitrogens with zero attached hydrogens (tertiary/aromatic N) is 2. The lowest BCUT2D eigenvalue weighted by Gasteiger charge is -2.10. The number of ether oxygens (including phenoxy) is 3. The van der Waals surface area contributed by atoms with Crippen LogP contribution in [0.25, 0.3) is 32.8 Å². The maximum atomic E-state index is 13.2. The molecule has 230 valence electrons. The van der Waals surface area contributed by atoms with Crippen LogP contribution in [-0.4, -0.2) is 39.1 Å². The molecule has 2 aromatic heterocycles. The van der Waals surface area contributed by atoms with E-state index >= 15 is 0 Å². The van der Waals surface area contributed by atoms with E-state index in [-0.39, 0.29) is 19.8 Å². The van der Waals surface area contributed by atoms with Crippen LogP contribution in [0.4, 0.5) is 0 Å². The number of benzene rings is 4. The van der Waals surface area contributed by atoms with E-state index < -0.39 is 5.97 Å². The number of aryl methyl sites for hydroxylation is 2. The van der Waals surface area contributed by atoms with E-state index in [2.05, 4.69) is 23.2 Å². The largest absolute Gasteiger partial charge is 0.493 e. The van der Waals surface area contributed by atoms with Crippen LogP contribution in [0.5, 0.6) is 5.75 Å². The van der Waals surface area contributed by atoms with E-state index in [0.717, 1.165) is 49.7 Å². The predicted octanol–water partition coefficient (Wildman–Crippen LogP) is 7.12. The number of hydrogen-bond donors (Lipinski definition) is 2. The summed E-state index contributed by atoms with van der Waals surface area (Å²) in [4.78, 5) is 16.6. The molecule has 0 fully saturated rings. The molecule has 4 aromatic carbocycles. The molecule has 6 rings (SSSR count). The van der Waals surface area contributed by atoms with Crippen LogP contribution >= 0.6 is 0 Å². The minimum atomic E-state index is -0.399. The molecule has 0 aliphatic carbocycles. The molecule has 8 heteroatoms. The molecule has 0 aliphatic heterocycles. The summed E-state index contributed by atoms with van der Waals surface area (Å²) in [6, 6.07) is 30.2. The van der Waals surface area contributed by atoms with Crippen LogP contribution in [-0.2, 0) is 42.8 Å². The summed E-state index contributed by atoms with van der Waals surface area (Å²) in [7, 11) is 1.82. The van der Waals surface area contributed by atoms with Gasteiger partial charge in [0.25, 0.3) is 0 Å². The molecular formula is C37H37N3O5. The second kappa shape index (κ2) is 13.8. The minimum absolute atomic E-state index is 0.197. The number of para-hydroxylation sites is 1. The Morgan fingerprint density at radius 1 is 0.911 bits per heavy atom. The van der Waals surface area contributed by atoms with Crippen molar-refractivity contribution in [2.45, 2.75) is 39.6 Å². The normalized spacial score (nSPS) is 11.4. The Morgan fingerprint density at radius 2 is 1.67 bits per heavy atom. The first-order chi connectivity index (χ1) is 22.1. The Bertz CT molecular complexity index is 1920. The highest BCUT2D eigenvalue weighted by Crippen LogP contribution is 2.37. The van der Waals surface area contributed by atoms with Crippen LogP contribution < -0.4 is 4.74 Å². The predicted molar refractivity (Wildman–Crippen MR) is 175 cm³/mol. The Hall–Kier alpha value is -4.92. The molecule has 0 radical (unpaired) electrons. The first kappa shape index (κ1) is 30.1. The summed E-state index contributed by atoms with van der Waals surface area (Å²) in [6.07, 6.45) is 1.30. The summed E-state index contributed by atoms with van der Waals surface area (Å²) in [6.45, 7) is 3.06. The molecule has 2 heterocycles. The van der Waals surface area contributed by atoms with Crippen LogP contribution in [0.2, 0.25) is 0 Å². The molecule has 0 amide bonds. The van der Waals surface area contributed by atoms with Gasteiger partial charge in [0, 0.05) is 28.9 Å². The lowest BCUT2D eigenvalue weighted by Crippen LogP contribution is -2.09. The number of carbonyl (C=O) groups is 1. The van der Waals surface area contributed by atoms with Crippen molar-refractivity contribution < 1.29 is 24.1 Å². The van der Waals surface area contributed by atoms with Gasteiger partial charge in [-0.25, -0.2) is 4.79 Å². The summed E-state index contributed by atoms with van der Waals surface area (Å²) in [5.41, 5.74) is 6.17. The van der Waals surface area contributed by atoms with Gasteiger partial charge in [-0.2, -0.15) is 5.10 Å². The van der Waals surface area contributed by atoms with Crippen LogP contribution in [0, 0.1) is 0 Å². The van der Waals surface area contributed by atoms with E-state index in [0.29, 0.717) is 43.1 Å². The topological polar surface area (TPSA) is 98.6 Å². The molecule has 2 N–H and O–H groups in total. The van der Waals surface area contributed by atoms with Gasteiger partial charge in [-0.15, -0.1) is 0 Å². The zero-order chi connectivity index (χ0) is 31.2. The SMILES string of the molecule is CCOC(=O)c1[nH]c2c(-c3c(COCc4ccccc4)nn(C)c3CO)cccc2c1CCCOc1cccc2ccccc12. The van der Waals surface area contributed by atoms with Gasteiger partial charge >= 0.3 is 5.97 Å². The van der Waals surface area contributed by atoms with E-state index in [1.54, 1.807) is 11.6 Å². The highest BCUT2D eigenvalue weighted by molar-refractivity contribution is 6.04. The van der Waals surface area contributed by atoms with Crippen molar-refractivity contribution in [3.8, 4) is 16.9 Å². The Kier molecular flexibility index (Phi) is 9.24.